The van der Waals surface area contributed by atoms with E-state index in [0.717, 1.165) is 23.7 Å². The molecule has 2 heteroatoms. The molecule has 1 heterocycles. The van der Waals surface area contributed by atoms with Gasteiger partial charge in [-0.15, -0.1) is 11.3 Å². The minimum atomic E-state index is 0.108. The zero-order valence-electron chi connectivity index (χ0n) is 30.9. The van der Waals surface area contributed by atoms with Gasteiger partial charge in [0, 0.05) is 42.4 Å². The Kier molecular flexibility index (Phi) is 6.23. The minimum absolute atomic E-state index is 0.108. The molecule has 5 fully saturated rings. The Hall–Kier alpha value is -4.66. The van der Waals surface area contributed by atoms with Gasteiger partial charge in [-0.05, 0) is 156 Å². The molecule has 6 aromatic carbocycles. The van der Waals surface area contributed by atoms with E-state index in [1.807, 2.05) is 11.3 Å². The zero-order chi connectivity index (χ0) is 35.2. The molecule has 0 N–H and O–H groups in total. The van der Waals surface area contributed by atoms with Crippen molar-refractivity contribution in [3.8, 4) is 22.3 Å². The van der Waals surface area contributed by atoms with Gasteiger partial charge in [-0.25, -0.2) is 0 Å². The quantitative estimate of drug-likeness (QED) is 0.176. The summed E-state index contributed by atoms with van der Waals surface area (Å²) in [6, 6.07) is 50.3. The van der Waals surface area contributed by atoms with Crippen molar-refractivity contribution in [3.05, 3.63) is 150 Å². The van der Waals surface area contributed by atoms with E-state index in [4.69, 9.17) is 0 Å². The summed E-state index contributed by atoms with van der Waals surface area (Å²) in [5, 5.41) is 2.74. The Bertz CT molecular complexity index is 2660. The van der Waals surface area contributed by atoms with Crippen LogP contribution in [0.1, 0.15) is 86.5 Å². The molecule has 14 rings (SSSR count). The molecule has 0 radical (unpaired) electrons. The van der Waals surface area contributed by atoms with Gasteiger partial charge in [0.25, 0.3) is 0 Å². The lowest BCUT2D eigenvalue weighted by molar-refractivity contribution is -0.0399. The molecule has 7 aromatic rings. The molecule has 54 heavy (non-hydrogen) atoms. The Morgan fingerprint density at radius 1 is 0.481 bits per heavy atom. The van der Waals surface area contributed by atoms with E-state index in [1.165, 1.54) is 124 Å². The summed E-state index contributed by atoms with van der Waals surface area (Å²) < 4.78 is 2.73. The van der Waals surface area contributed by atoms with Crippen molar-refractivity contribution in [3.63, 3.8) is 0 Å². The van der Waals surface area contributed by atoms with Gasteiger partial charge in [-0.1, -0.05) is 104 Å². The van der Waals surface area contributed by atoms with Crippen LogP contribution in [-0.2, 0) is 10.8 Å². The molecule has 4 bridgehead atoms. The lowest BCUT2D eigenvalue weighted by atomic mass is 9.43. The van der Waals surface area contributed by atoms with Crippen LogP contribution >= 0.6 is 11.3 Å². The molecule has 0 aliphatic heterocycles. The van der Waals surface area contributed by atoms with E-state index in [0.29, 0.717) is 0 Å². The van der Waals surface area contributed by atoms with Gasteiger partial charge in [0.1, 0.15) is 0 Å². The van der Waals surface area contributed by atoms with Crippen LogP contribution in [0.2, 0.25) is 0 Å². The van der Waals surface area contributed by atoms with Crippen LogP contribution in [0.4, 0.5) is 17.1 Å². The van der Waals surface area contributed by atoms with Crippen LogP contribution in [0.15, 0.2) is 127 Å². The van der Waals surface area contributed by atoms with Crippen molar-refractivity contribution < 1.29 is 0 Å². The Balaban J connectivity index is 1.07. The van der Waals surface area contributed by atoms with Gasteiger partial charge in [0.05, 0.1) is 5.69 Å². The van der Waals surface area contributed by atoms with Gasteiger partial charge >= 0.3 is 0 Å². The van der Waals surface area contributed by atoms with Crippen LogP contribution in [-0.4, -0.2) is 0 Å². The van der Waals surface area contributed by atoms with Crippen LogP contribution in [0.3, 0.4) is 0 Å². The van der Waals surface area contributed by atoms with Crippen LogP contribution < -0.4 is 4.90 Å². The monoisotopic (exact) mass is 715 g/mol. The first-order valence-electron chi connectivity index (χ1n) is 20.9. The van der Waals surface area contributed by atoms with E-state index in [2.05, 4.69) is 132 Å². The molecule has 5 saturated carbocycles. The number of rotatable bonds is 3. The summed E-state index contributed by atoms with van der Waals surface area (Å²) >= 11 is 1.93. The van der Waals surface area contributed by atoms with Crippen molar-refractivity contribution in [1.29, 1.82) is 0 Å². The highest BCUT2D eigenvalue weighted by atomic mass is 32.1. The summed E-state index contributed by atoms with van der Waals surface area (Å²) in [4.78, 5) is 2.67. The number of hydrogen-bond donors (Lipinski definition) is 0. The molecule has 0 atom stereocenters. The molecular formula is C52H45NS. The minimum Gasteiger partial charge on any atom is -0.310 e. The second-order valence-corrected chi connectivity index (χ2v) is 19.0. The molecule has 7 aliphatic carbocycles. The van der Waals surface area contributed by atoms with Crippen molar-refractivity contribution >= 4 is 48.6 Å². The molecular weight excluding hydrogens is 671 g/mol. The Labute approximate surface area is 322 Å². The number of fused-ring (bicyclic) bond motifs is 11. The summed E-state index contributed by atoms with van der Waals surface area (Å²) in [6.07, 6.45) is 13.5. The standard InChI is InChI=1S/C52H45NS/c1-8-23-51(24-9-1)43-14-5-2-11-38(43)40-21-19-36(30-45(40)51)53(47-16-10-18-49-50(47)42-13-4-7-17-48(42)54-49)37-20-22-41-39-12-3-6-15-44(39)52(46(41)31-37)34-26-32-25-33(28-34)29-35(52)27-32/h2-7,10-22,30-35H,1,8-9,23-29H2. The predicted molar refractivity (Wildman–Crippen MR) is 227 cm³/mol. The topological polar surface area (TPSA) is 3.24 Å². The number of thiophene rings is 1. The maximum absolute atomic E-state index is 2.70. The maximum Gasteiger partial charge on any atom is 0.0554 e. The van der Waals surface area contributed by atoms with E-state index >= 15 is 0 Å². The maximum atomic E-state index is 2.70. The highest BCUT2D eigenvalue weighted by molar-refractivity contribution is 7.26. The number of anilines is 3. The number of benzene rings is 6. The summed E-state index contributed by atoms with van der Waals surface area (Å²) in [5.41, 5.74) is 16.4. The molecule has 7 aliphatic rings. The SMILES string of the molecule is c1ccc2c(c1)-c1ccc(N(c3ccc4c(c3)C3(c5ccccc5-4)C4CC5CC(C4)CC3C5)c3cccc4sc5ccccc5c34)cc1C21CCCCC1. The lowest BCUT2D eigenvalue weighted by Gasteiger charge is -2.61. The third-order valence-corrected chi connectivity index (χ3v) is 16.8. The van der Waals surface area contributed by atoms with Gasteiger partial charge in [-0.3, -0.25) is 0 Å². The third kappa shape index (κ3) is 3.86. The van der Waals surface area contributed by atoms with Gasteiger partial charge < -0.3 is 4.90 Å². The van der Waals surface area contributed by atoms with Crippen LogP contribution in [0, 0.1) is 23.7 Å². The van der Waals surface area contributed by atoms with Crippen LogP contribution in [0.25, 0.3) is 42.4 Å². The highest BCUT2D eigenvalue weighted by Gasteiger charge is 2.61. The zero-order valence-corrected chi connectivity index (χ0v) is 31.7. The molecule has 0 unspecified atom stereocenters. The second-order valence-electron chi connectivity index (χ2n) is 18.0. The van der Waals surface area contributed by atoms with E-state index in [9.17, 15) is 0 Å². The molecule has 264 valence electrons. The van der Waals surface area contributed by atoms with Crippen LogP contribution in [0.5, 0.6) is 0 Å². The van der Waals surface area contributed by atoms with E-state index in [1.54, 1.807) is 22.3 Å². The van der Waals surface area contributed by atoms with E-state index in [-0.39, 0.29) is 10.8 Å². The summed E-state index contributed by atoms with van der Waals surface area (Å²) in [5.74, 6) is 3.35. The average molecular weight is 716 g/mol. The van der Waals surface area contributed by atoms with Crippen molar-refractivity contribution in [2.24, 2.45) is 23.7 Å². The second kappa shape index (κ2) is 11.0. The lowest BCUT2D eigenvalue weighted by Crippen LogP contribution is -2.55. The van der Waals surface area contributed by atoms with Crippen molar-refractivity contribution in [2.45, 2.75) is 75.0 Å². The fourth-order valence-electron chi connectivity index (χ4n) is 13.9. The van der Waals surface area contributed by atoms with Gasteiger partial charge in [0.15, 0.2) is 0 Å². The number of nitrogens with zero attached hydrogens (tertiary/aromatic N) is 1. The van der Waals surface area contributed by atoms with Crippen molar-refractivity contribution in [1.82, 2.24) is 0 Å². The van der Waals surface area contributed by atoms with Crippen molar-refractivity contribution in [2.75, 3.05) is 4.90 Å². The highest BCUT2D eigenvalue weighted by Crippen LogP contribution is 2.70. The molecule has 0 amide bonds. The summed E-state index contributed by atoms with van der Waals surface area (Å²) in [7, 11) is 0. The molecule has 2 spiro atoms. The van der Waals surface area contributed by atoms with E-state index < -0.39 is 0 Å². The first-order valence-corrected chi connectivity index (χ1v) is 21.7. The molecule has 1 aromatic heterocycles. The number of hydrogen-bond acceptors (Lipinski definition) is 2. The Morgan fingerprint density at radius 2 is 1.07 bits per heavy atom. The first kappa shape index (κ1) is 30.6. The first-order chi connectivity index (χ1) is 26.7. The average Bonchev–Trinajstić information content (AvgIpc) is 3.82. The van der Waals surface area contributed by atoms with Gasteiger partial charge in [-0.2, -0.15) is 0 Å². The fourth-order valence-corrected chi connectivity index (χ4v) is 15.1. The normalized spacial score (nSPS) is 26.4. The Morgan fingerprint density at radius 3 is 1.83 bits per heavy atom. The summed E-state index contributed by atoms with van der Waals surface area (Å²) in [6.45, 7) is 0. The molecule has 1 nitrogen and oxygen atoms in total. The predicted octanol–water partition coefficient (Wildman–Crippen LogP) is 14.5. The molecule has 0 saturated heterocycles. The largest absolute Gasteiger partial charge is 0.310 e. The third-order valence-electron chi connectivity index (χ3n) is 15.6. The van der Waals surface area contributed by atoms with Gasteiger partial charge in [0.2, 0.25) is 0 Å². The fraction of sp³-hybridized carbons (Fsp3) is 0.308. The smallest absolute Gasteiger partial charge is 0.0554 e.